The monoisotopic (exact) mass is 411 g/mol. The minimum atomic E-state index is -0.827. The van der Waals surface area contributed by atoms with Gasteiger partial charge in [0.05, 0.1) is 0 Å². The highest BCUT2D eigenvalue weighted by molar-refractivity contribution is 6.26. The quantitative estimate of drug-likeness (QED) is 0.435. The molecule has 1 aliphatic heterocycles. The van der Waals surface area contributed by atoms with Gasteiger partial charge in [-0.2, -0.15) is 0 Å². The smallest absolute Gasteiger partial charge is 0.303 e. The second kappa shape index (κ2) is 9.71. The van der Waals surface area contributed by atoms with Crippen LogP contribution in [-0.2, 0) is 4.79 Å². The van der Waals surface area contributed by atoms with Gasteiger partial charge >= 0.3 is 5.97 Å². The largest absolute Gasteiger partial charge is 0.481 e. The fourth-order valence-electron chi connectivity index (χ4n) is 3.84. The molecule has 0 aliphatic carbocycles. The fraction of sp³-hybridized carbons (Fsp3) is 0.435. The van der Waals surface area contributed by atoms with E-state index in [2.05, 4.69) is 10.2 Å². The van der Waals surface area contributed by atoms with Crippen LogP contribution in [0.1, 0.15) is 52.8 Å². The van der Waals surface area contributed by atoms with Crippen molar-refractivity contribution in [2.45, 2.75) is 32.1 Å². The topological polar surface area (TPSA) is 90.0 Å². The number of benzene rings is 2. The molecular formula is C23H29N3O4. The van der Waals surface area contributed by atoms with E-state index in [1.54, 1.807) is 12.1 Å². The van der Waals surface area contributed by atoms with Gasteiger partial charge in [0, 0.05) is 47.1 Å². The number of nitrogens with zero attached hydrogens (tertiary/aromatic N) is 2. The van der Waals surface area contributed by atoms with Crippen molar-refractivity contribution < 1.29 is 19.5 Å². The molecule has 0 spiro atoms. The Bertz CT molecular complexity index is 933. The van der Waals surface area contributed by atoms with Crippen LogP contribution in [0, 0.1) is 0 Å². The number of rotatable bonds is 11. The molecule has 0 bridgehead atoms. The maximum absolute atomic E-state index is 13.0. The third kappa shape index (κ3) is 4.79. The van der Waals surface area contributed by atoms with Gasteiger partial charge in [0.15, 0.2) is 0 Å². The molecule has 7 heteroatoms. The zero-order chi connectivity index (χ0) is 21.7. The number of imide groups is 1. The number of unbranched alkanes of at least 4 members (excludes halogenated alkanes) is 2. The van der Waals surface area contributed by atoms with Gasteiger partial charge in [0.25, 0.3) is 11.8 Å². The first-order chi connectivity index (χ1) is 14.4. The lowest BCUT2D eigenvalue weighted by Gasteiger charge is -2.28. The first-order valence-electron chi connectivity index (χ1n) is 10.4. The average molecular weight is 412 g/mol. The van der Waals surface area contributed by atoms with E-state index in [1.165, 1.54) is 4.90 Å². The zero-order valence-electron chi connectivity index (χ0n) is 17.6. The van der Waals surface area contributed by atoms with E-state index in [0.29, 0.717) is 42.3 Å². The van der Waals surface area contributed by atoms with Crippen LogP contribution in [0.2, 0.25) is 0 Å². The lowest BCUT2D eigenvalue weighted by molar-refractivity contribution is -0.137. The average Bonchev–Trinajstić information content (AvgIpc) is 2.71. The Hall–Kier alpha value is -2.93. The summed E-state index contributed by atoms with van der Waals surface area (Å²) in [4.78, 5) is 40.1. The SMILES string of the molecule is CN(C)CCCNc1ccc2c3c(cccc13)C(=O)N(CCCCCC(=O)O)C2=O. The van der Waals surface area contributed by atoms with E-state index in [0.717, 1.165) is 30.6 Å². The van der Waals surface area contributed by atoms with Gasteiger partial charge < -0.3 is 15.3 Å². The molecule has 7 nitrogen and oxygen atoms in total. The van der Waals surface area contributed by atoms with Crippen LogP contribution in [-0.4, -0.2) is 66.4 Å². The summed E-state index contributed by atoms with van der Waals surface area (Å²) in [6.45, 7) is 2.09. The highest BCUT2D eigenvalue weighted by Gasteiger charge is 2.32. The van der Waals surface area contributed by atoms with Crippen LogP contribution in [0.4, 0.5) is 5.69 Å². The number of amides is 2. The minimum absolute atomic E-state index is 0.106. The molecule has 3 rings (SSSR count). The number of aliphatic carboxylic acids is 1. The molecule has 0 radical (unpaired) electrons. The number of hydrogen-bond donors (Lipinski definition) is 2. The number of carbonyl (C=O) groups is 3. The summed E-state index contributed by atoms with van der Waals surface area (Å²) >= 11 is 0. The van der Waals surface area contributed by atoms with Crippen molar-refractivity contribution in [1.82, 2.24) is 9.80 Å². The summed E-state index contributed by atoms with van der Waals surface area (Å²) in [5, 5.41) is 13.8. The van der Waals surface area contributed by atoms with E-state index < -0.39 is 5.97 Å². The van der Waals surface area contributed by atoms with Crippen molar-refractivity contribution in [1.29, 1.82) is 0 Å². The standard InChI is InChI=1S/C23H29N3O4/c1-25(2)14-7-13-24-19-12-11-18-21-16(19)8-6-9-17(21)22(29)26(23(18)30)15-5-3-4-10-20(27)28/h6,8-9,11-12,24H,3-5,7,10,13-15H2,1-2H3,(H,27,28). The van der Waals surface area contributed by atoms with Gasteiger partial charge in [-0.05, 0) is 58.1 Å². The summed E-state index contributed by atoms with van der Waals surface area (Å²) in [5.74, 6) is -1.38. The lowest BCUT2D eigenvalue weighted by atomic mass is 9.92. The predicted octanol–water partition coefficient (Wildman–Crippen LogP) is 3.44. The Morgan fingerprint density at radius 2 is 1.73 bits per heavy atom. The fourth-order valence-corrected chi connectivity index (χ4v) is 3.84. The summed E-state index contributed by atoms with van der Waals surface area (Å²) < 4.78 is 0. The van der Waals surface area contributed by atoms with Gasteiger partial charge in [-0.1, -0.05) is 18.6 Å². The van der Waals surface area contributed by atoms with Crippen LogP contribution in [0.25, 0.3) is 10.8 Å². The highest BCUT2D eigenvalue weighted by atomic mass is 16.4. The molecule has 0 fully saturated rings. The number of anilines is 1. The van der Waals surface area contributed by atoms with E-state index in [-0.39, 0.29) is 18.2 Å². The van der Waals surface area contributed by atoms with E-state index in [9.17, 15) is 14.4 Å². The number of carboxylic acids is 1. The van der Waals surface area contributed by atoms with Gasteiger partial charge in [-0.15, -0.1) is 0 Å². The zero-order valence-corrected chi connectivity index (χ0v) is 17.6. The molecule has 2 amide bonds. The Balaban J connectivity index is 1.77. The molecule has 0 saturated heterocycles. The summed E-state index contributed by atoms with van der Waals surface area (Å²) in [7, 11) is 4.08. The number of carbonyl (C=O) groups excluding carboxylic acids is 2. The van der Waals surface area contributed by atoms with Gasteiger partial charge in [-0.3, -0.25) is 19.3 Å². The normalized spacial score (nSPS) is 13.4. The molecular weight excluding hydrogens is 382 g/mol. The molecule has 2 N–H and O–H groups in total. The third-order valence-corrected chi connectivity index (χ3v) is 5.36. The van der Waals surface area contributed by atoms with Crippen LogP contribution in [0.5, 0.6) is 0 Å². The van der Waals surface area contributed by atoms with Crippen LogP contribution >= 0.6 is 0 Å². The van der Waals surface area contributed by atoms with Gasteiger partial charge in [-0.25, -0.2) is 0 Å². The molecule has 0 saturated carbocycles. The van der Waals surface area contributed by atoms with E-state index >= 15 is 0 Å². The van der Waals surface area contributed by atoms with Gasteiger partial charge in [0.1, 0.15) is 0 Å². The molecule has 30 heavy (non-hydrogen) atoms. The third-order valence-electron chi connectivity index (χ3n) is 5.36. The highest BCUT2D eigenvalue weighted by Crippen LogP contribution is 2.34. The second-order valence-corrected chi connectivity index (χ2v) is 7.94. The first kappa shape index (κ1) is 21.8. The van der Waals surface area contributed by atoms with E-state index in [4.69, 9.17) is 5.11 Å². The molecule has 0 unspecified atom stereocenters. The molecule has 1 heterocycles. The number of hydrogen-bond acceptors (Lipinski definition) is 5. The molecule has 2 aromatic rings. The Morgan fingerprint density at radius 3 is 2.43 bits per heavy atom. The molecule has 0 aromatic heterocycles. The van der Waals surface area contributed by atoms with Crippen molar-refractivity contribution in [3.8, 4) is 0 Å². The molecule has 0 atom stereocenters. The van der Waals surface area contributed by atoms with Crippen molar-refractivity contribution in [2.24, 2.45) is 0 Å². The predicted molar refractivity (Wildman–Crippen MR) is 117 cm³/mol. The van der Waals surface area contributed by atoms with Crippen LogP contribution in [0.15, 0.2) is 30.3 Å². The van der Waals surface area contributed by atoms with Crippen molar-refractivity contribution >= 4 is 34.2 Å². The Kier molecular flexibility index (Phi) is 7.05. The first-order valence-corrected chi connectivity index (χ1v) is 10.4. The van der Waals surface area contributed by atoms with Crippen molar-refractivity contribution in [2.75, 3.05) is 39.0 Å². The minimum Gasteiger partial charge on any atom is -0.481 e. The van der Waals surface area contributed by atoms with E-state index in [1.807, 2.05) is 32.3 Å². The Morgan fingerprint density at radius 1 is 1.00 bits per heavy atom. The summed E-state index contributed by atoms with van der Waals surface area (Å²) in [6.07, 6.45) is 2.90. The number of nitrogens with one attached hydrogen (secondary N) is 1. The molecule has 1 aliphatic rings. The Labute approximate surface area is 176 Å². The maximum atomic E-state index is 13.0. The second-order valence-electron chi connectivity index (χ2n) is 7.94. The maximum Gasteiger partial charge on any atom is 0.303 e. The summed E-state index contributed by atoms with van der Waals surface area (Å²) in [6, 6.07) is 9.28. The molecule has 160 valence electrons. The van der Waals surface area contributed by atoms with Gasteiger partial charge in [0.2, 0.25) is 0 Å². The van der Waals surface area contributed by atoms with Crippen molar-refractivity contribution in [3.05, 3.63) is 41.5 Å². The van der Waals surface area contributed by atoms with Crippen molar-refractivity contribution in [3.63, 3.8) is 0 Å². The van der Waals surface area contributed by atoms with Crippen LogP contribution < -0.4 is 5.32 Å². The number of carboxylic acid groups (broad SMARTS) is 1. The lowest BCUT2D eigenvalue weighted by Crippen LogP contribution is -2.40. The van der Waals surface area contributed by atoms with Crippen LogP contribution in [0.3, 0.4) is 0 Å². The summed E-state index contributed by atoms with van der Waals surface area (Å²) in [5.41, 5.74) is 2.02. The molecule has 2 aromatic carbocycles.